The first-order chi connectivity index (χ1) is 5.59. The molecule has 3 N–H and O–H groups in total. The number of nitrogens with two attached hydrogens (primary N) is 1. The first-order valence-corrected chi connectivity index (χ1v) is 3.44. The zero-order valence-electron chi connectivity index (χ0n) is 6.53. The van der Waals surface area contributed by atoms with E-state index in [4.69, 9.17) is 5.73 Å². The molecule has 0 bridgehead atoms. The normalized spacial score (nSPS) is 12.8. The number of H-pyrrole nitrogens is 1. The lowest BCUT2D eigenvalue weighted by molar-refractivity contribution is -0.121. The fraction of sp³-hybridized carbons (Fsp3) is 0.500. The Labute approximate surface area is 67.7 Å². The maximum atomic E-state index is 10.6. The molecule has 0 aliphatic carbocycles. The number of hydrogen-bond acceptors (Lipinski definition) is 4. The molecule has 6 heteroatoms. The van der Waals surface area contributed by atoms with Gasteiger partial charge in [-0.15, -0.1) is 0 Å². The molecular formula is C6H9N3O3. The third kappa shape index (κ3) is 1.94. The molecule has 0 saturated carbocycles. The Bertz CT molecular complexity index is 327. The second-order valence-corrected chi connectivity index (χ2v) is 2.55. The highest BCUT2D eigenvalue weighted by molar-refractivity contribution is 5.76. The summed E-state index contributed by atoms with van der Waals surface area (Å²) < 4.78 is 4.23. The van der Waals surface area contributed by atoms with Gasteiger partial charge in [-0.3, -0.25) is 14.3 Å². The number of nitrogens with one attached hydrogen (secondary N) is 1. The molecule has 1 unspecified atom stereocenters. The molecule has 0 radical (unpaired) electrons. The Morgan fingerprint density at radius 1 is 1.83 bits per heavy atom. The quantitative estimate of drug-likeness (QED) is 0.610. The van der Waals surface area contributed by atoms with E-state index in [1.807, 2.05) is 0 Å². The first-order valence-electron chi connectivity index (χ1n) is 3.44. The van der Waals surface area contributed by atoms with Crippen molar-refractivity contribution >= 4 is 5.91 Å². The Kier molecular flexibility index (Phi) is 2.27. The second-order valence-electron chi connectivity index (χ2n) is 2.55. The predicted molar refractivity (Wildman–Crippen MR) is 39.2 cm³/mol. The Balaban J connectivity index is 2.64. The standard InChI is InChI=1S/C6H9N3O3/c1-3(5(7)10)2-4-8-6(11)12-9-4/h3H,2H2,1H3,(H2,7,10)(H,8,9,11). The summed E-state index contributed by atoms with van der Waals surface area (Å²) in [4.78, 5) is 23.3. The van der Waals surface area contributed by atoms with Gasteiger partial charge in [0.25, 0.3) is 0 Å². The van der Waals surface area contributed by atoms with Crippen LogP contribution < -0.4 is 11.5 Å². The fourth-order valence-corrected chi connectivity index (χ4v) is 0.739. The maximum Gasteiger partial charge on any atom is 0.438 e. The van der Waals surface area contributed by atoms with E-state index in [2.05, 4.69) is 14.7 Å². The van der Waals surface area contributed by atoms with Crippen LogP contribution in [0.15, 0.2) is 9.32 Å². The number of hydrogen-bond donors (Lipinski definition) is 2. The average molecular weight is 171 g/mol. The van der Waals surface area contributed by atoms with Crippen molar-refractivity contribution in [1.82, 2.24) is 10.1 Å². The van der Waals surface area contributed by atoms with Crippen LogP contribution in [0.3, 0.4) is 0 Å². The molecule has 1 amide bonds. The van der Waals surface area contributed by atoms with Crippen LogP contribution in [0.1, 0.15) is 12.7 Å². The number of rotatable bonds is 3. The summed E-state index contributed by atoms with van der Waals surface area (Å²) in [5.74, 6) is -1.07. The Hall–Kier alpha value is -1.59. The van der Waals surface area contributed by atoms with Gasteiger partial charge in [-0.2, -0.15) is 0 Å². The number of primary amides is 1. The van der Waals surface area contributed by atoms with Gasteiger partial charge in [0.2, 0.25) is 5.91 Å². The van der Waals surface area contributed by atoms with Gasteiger partial charge < -0.3 is 5.73 Å². The Morgan fingerprint density at radius 3 is 2.92 bits per heavy atom. The van der Waals surface area contributed by atoms with Crippen molar-refractivity contribution in [2.24, 2.45) is 11.7 Å². The Morgan fingerprint density at radius 2 is 2.50 bits per heavy atom. The molecule has 1 rings (SSSR count). The lowest BCUT2D eigenvalue weighted by Crippen LogP contribution is -2.22. The smallest absolute Gasteiger partial charge is 0.369 e. The highest BCUT2D eigenvalue weighted by Crippen LogP contribution is 2.00. The summed E-state index contributed by atoms with van der Waals surface area (Å²) >= 11 is 0. The predicted octanol–water partition coefficient (Wildman–Crippen LogP) is -0.973. The minimum atomic E-state index is -0.623. The van der Waals surface area contributed by atoms with Crippen LogP contribution in [0.2, 0.25) is 0 Å². The van der Waals surface area contributed by atoms with Crippen LogP contribution in [-0.4, -0.2) is 16.0 Å². The van der Waals surface area contributed by atoms with E-state index in [9.17, 15) is 9.59 Å². The zero-order valence-corrected chi connectivity index (χ0v) is 6.53. The third-order valence-corrected chi connectivity index (χ3v) is 1.47. The summed E-state index contributed by atoms with van der Waals surface area (Å²) in [6.07, 6.45) is 0.293. The van der Waals surface area contributed by atoms with Crippen LogP contribution in [0.25, 0.3) is 0 Å². The SMILES string of the molecule is CC(Cc1noc(=O)[nH]1)C(N)=O. The monoisotopic (exact) mass is 171 g/mol. The highest BCUT2D eigenvalue weighted by atomic mass is 16.5. The van der Waals surface area contributed by atoms with Crippen LogP contribution in [-0.2, 0) is 11.2 Å². The molecule has 0 fully saturated rings. The summed E-state index contributed by atoms with van der Waals surface area (Å²) in [5, 5.41) is 3.39. The second kappa shape index (κ2) is 3.21. The van der Waals surface area contributed by atoms with Gasteiger partial charge in [-0.05, 0) is 0 Å². The topological polar surface area (TPSA) is 102 Å². The maximum absolute atomic E-state index is 10.6. The summed E-state index contributed by atoms with van der Waals surface area (Å²) in [7, 11) is 0. The van der Waals surface area contributed by atoms with Crippen LogP contribution in [0, 0.1) is 5.92 Å². The van der Waals surface area contributed by atoms with E-state index in [0.717, 1.165) is 0 Å². The number of nitrogens with zero attached hydrogens (tertiary/aromatic N) is 1. The molecule has 0 aliphatic heterocycles. The molecular weight excluding hydrogens is 162 g/mol. The molecule has 1 aromatic heterocycles. The van der Waals surface area contributed by atoms with Crippen molar-refractivity contribution in [3.63, 3.8) is 0 Å². The molecule has 0 saturated heterocycles. The molecule has 12 heavy (non-hydrogen) atoms. The molecule has 1 aromatic rings. The van der Waals surface area contributed by atoms with E-state index in [-0.39, 0.29) is 5.92 Å². The molecule has 6 nitrogen and oxygen atoms in total. The molecule has 0 aromatic carbocycles. The minimum Gasteiger partial charge on any atom is -0.369 e. The molecule has 0 spiro atoms. The third-order valence-electron chi connectivity index (χ3n) is 1.47. The van der Waals surface area contributed by atoms with Crippen molar-refractivity contribution in [3.8, 4) is 0 Å². The fourth-order valence-electron chi connectivity index (χ4n) is 0.739. The number of aromatic nitrogens is 2. The van der Waals surface area contributed by atoms with Crippen LogP contribution in [0.4, 0.5) is 0 Å². The average Bonchev–Trinajstić information content (AvgIpc) is 2.35. The van der Waals surface area contributed by atoms with E-state index in [1.54, 1.807) is 6.92 Å². The van der Waals surface area contributed by atoms with Gasteiger partial charge in [0.1, 0.15) is 0 Å². The molecule has 0 aliphatic rings. The first kappa shape index (κ1) is 8.51. The van der Waals surface area contributed by atoms with Crippen molar-refractivity contribution in [2.75, 3.05) is 0 Å². The largest absolute Gasteiger partial charge is 0.438 e. The molecule has 1 heterocycles. The lowest BCUT2D eigenvalue weighted by atomic mass is 10.1. The van der Waals surface area contributed by atoms with Crippen molar-refractivity contribution < 1.29 is 9.32 Å². The van der Waals surface area contributed by atoms with Gasteiger partial charge in [0, 0.05) is 12.3 Å². The van der Waals surface area contributed by atoms with Gasteiger partial charge in [0.05, 0.1) is 0 Å². The summed E-state index contributed by atoms with van der Waals surface area (Å²) in [5.41, 5.74) is 5.00. The van der Waals surface area contributed by atoms with E-state index in [1.165, 1.54) is 0 Å². The minimum absolute atomic E-state index is 0.293. The number of amides is 1. The molecule has 66 valence electrons. The van der Waals surface area contributed by atoms with Crippen LogP contribution in [0.5, 0.6) is 0 Å². The van der Waals surface area contributed by atoms with Crippen molar-refractivity contribution in [1.29, 1.82) is 0 Å². The van der Waals surface area contributed by atoms with Crippen molar-refractivity contribution in [2.45, 2.75) is 13.3 Å². The van der Waals surface area contributed by atoms with Crippen LogP contribution >= 0.6 is 0 Å². The molecule has 1 atom stereocenters. The highest BCUT2D eigenvalue weighted by Gasteiger charge is 2.12. The number of carbonyl (C=O) groups excluding carboxylic acids is 1. The van der Waals surface area contributed by atoms with Gasteiger partial charge in [-0.25, -0.2) is 4.79 Å². The van der Waals surface area contributed by atoms with Crippen molar-refractivity contribution in [3.05, 3.63) is 16.4 Å². The number of carbonyl (C=O) groups is 1. The van der Waals surface area contributed by atoms with Gasteiger partial charge >= 0.3 is 5.76 Å². The summed E-state index contributed by atoms with van der Waals surface area (Å²) in [6, 6.07) is 0. The van der Waals surface area contributed by atoms with E-state index in [0.29, 0.717) is 12.2 Å². The summed E-state index contributed by atoms with van der Waals surface area (Å²) in [6.45, 7) is 1.65. The zero-order chi connectivity index (χ0) is 9.14. The van der Waals surface area contributed by atoms with E-state index >= 15 is 0 Å². The van der Waals surface area contributed by atoms with E-state index < -0.39 is 11.7 Å². The van der Waals surface area contributed by atoms with Gasteiger partial charge in [0.15, 0.2) is 5.82 Å². The number of aromatic amines is 1. The van der Waals surface area contributed by atoms with Gasteiger partial charge in [-0.1, -0.05) is 12.1 Å². The lowest BCUT2D eigenvalue weighted by Gasteiger charge is -2.01.